The van der Waals surface area contributed by atoms with Crippen LogP contribution in [-0.4, -0.2) is 18.3 Å². The normalized spacial score (nSPS) is 11.6. The maximum absolute atomic E-state index is 13.5. The van der Waals surface area contributed by atoms with E-state index in [9.17, 15) is 9.50 Å². The molecule has 0 unspecified atom stereocenters. The van der Waals surface area contributed by atoms with Crippen molar-refractivity contribution >= 4 is 17.3 Å². The van der Waals surface area contributed by atoms with Crippen molar-refractivity contribution in [1.82, 2.24) is 0 Å². The number of benzene rings is 1. The third-order valence-corrected chi connectivity index (χ3v) is 3.75. The molecule has 0 radical (unpaired) electrons. The Morgan fingerprint density at radius 1 is 1.35 bits per heavy atom. The first-order valence-corrected chi connectivity index (χ1v) is 6.25. The number of nitrogens with one attached hydrogen (secondary N) is 1. The standard InChI is InChI=1S/C13H19ClFNO/c1-3-13(4-2,9-17)8-16-12-10(14)6-5-7-11(12)15/h5-7,16-17H,3-4,8-9H2,1-2H3. The van der Waals surface area contributed by atoms with E-state index in [0.717, 1.165) is 12.8 Å². The van der Waals surface area contributed by atoms with Gasteiger partial charge in [0.25, 0.3) is 0 Å². The van der Waals surface area contributed by atoms with E-state index in [-0.39, 0.29) is 17.8 Å². The first-order valence-electron chi connectivity index (χ1n) is 5.87. The molecule has 2 nitrogen and oxygen atoms in total. The molecule has 1 rings (SSSR count). The van der Waals surface area contributed by atoms with Crippen molar-refractivity contribution in [3.63, 3.8) is 0 Å². The highest BCUT2D eigenvalue weighted by atomic mass is 35.5. The van der Waals surface area contributed by atoms with Crippen LogP contribution in [0, 0.1) is 11.2 Å². The van der Waals surface area contributed by atoms with Gasteiger partial charge in [-0.3, -0.25) is 0 Å². The van der Waals surface area contributed by atoms with Gasteiger partial charge >= 0.3 is 0 Å². The number of para-hydroxylation sites is 1. The van der Waals surface area contributed by atoms with Crippen LogP contribution in [0.1, 0.15) is 26.7 Å². The Kier molecular flexibility index (Phi) is 5.22. The van der Waals surface area contributed by atoms with Gasteiger partial charge in [-0.05, 0) is 25.0 Å². The summed E-state index contributed by atoms with van der Waals surface area (Å²) in [6, 6.07) is 4.58. The first kappa shape index (κ1) is 14.3. The molecule has 0 aromatic heterocycles. The minimum absolute atomic E-state index is 0.0824. The third-order valence-electron chi connectivity index (χ3n) is 3.44. The average Bonchev–Trinajstić information content (AvgIpc) is 2.34. The lowest BCUT2D eigenvalue weighted by Crippen LogP contribution is -2.32. The van der Waals surface area contributed by atoms with Crippen LogP contribution in [0.5, 0.6) is 0 Å². The summed E-state index contributed by atoms with van der Waals surface area (Å²) in [6.45, 7) is 4.63. The number of hydrogen-bond acceptors (Lipinski definition) is 2. The number of aliphatic hydroxyl groups is 1. The highest BCUT2D eigenvalue weighted by Gasteiger charge is 2.25. The Balaban J connectivity index is 2.79. The maximum Gasteiger partial charge on any atom is 0.147 e. The molecule has 0 amide bonds. The topological polar surface area (TPSA) is 32.3 Å². The van der Waals surface area contributed by atoms with E-state index in [1.165, 1.54) is 6.07 Å². The molecule has 0 aliphatic rings. The van der Waals surface area contributed by atoms with Gasteiger partial charge in [0, 0.05) is 12.0 Å². The summed E-state index contributed by atoms with van der Waals surface area (Å²) in [7, 11) is 0. The molecule has 0 fully saturated rings. The molecule has 0 aliphatic carbocycles. The minimum Gasteiger partial charge on any atom is -0.396 e. The van der Waals surface area contributed by atoms with Crippen LogP contribution in [0.3, 0.4) is 0 Å². The molecule has 1 aromatic rings. The highest BCUT2D eigenvalue weighted by molar-refractivity contribution is 6.33. The van der Waals surface area contributed by atoms with E-state index >= 15 is 0 Å². The van der Waals surface area contributed by atoms with Crippen LogP contribution in [0.15, 0.2) is 18.2 Å². The van der Waals surface area contributed by atoms with E-state index in [4.69, 9.17) is 11.6 Å². The number of aliphatic hydroxyl groups excluding tert-OH is 1. The summed E-state index contributed by atoms with van der Waals surface area (Å²) >= 11 is 5.92. The Hall–Kier alpha value is -0.800. The second-order valence-corrected chi connectivity index (χ2v) is 4.72. The molecular formula is C13H19ClFNO. The van der Waals surface area contributed by atoms with Crippen molar-refractivity contribution in [1.29, 1.82) is 0 Å². The average molecular weight is 260 g/mol. The van der Waals surface area contributed by atoms with Crippen LogP contribution in [0.25, 0.3) is 0 Å². The zero-order chi connectivity index (χ0) is 12.9. The lowest BCUT2D eigenvalue weighted by Gasteiger charge is -2.30. The van der Waals surface area contributed by atoms with Gasteiger partial charge in [-0.2, -0.15) is 0 Å². The molecule has 96 valence electrons. The molecule has 2 N–H and O–H groups in total. The lowest BCUT2D eigenvalue weighted by molar-refractivity contribution is 0.127. The third kappa shape index (κ3) is 3.33. The minimum atomic E-state index is -0.364. The molecule has 0 saturated carbocycles. The quantitative estimate of drug-likeness (QED) is 0.817. The molecule has 0 aliphatic heterocycles. The van der Waals surface area contributed by atoms with E-state index in [1.807, 2.05) is 13.8 Å². The molecule has 4 heteroatoms. The smallest absolute Gasteiger partial charge is 0.147 e. The number of hydrogen-bond donors (Lipinski definition) is 2. The van der Waals surface area contributed by atoms with Crippen LogP contribution in [-0.2, 0) is 0 Å². The van der Waals surface area contributed by atoms with E-state index in [1.54, 1.807) is 12.1 Å². The highest BCUT2D eigenvalue weighted by Crippen LogP contribution is 2.29. The second-order valence-electron chi connectivity index (χ2n) is 4.32. The van der Waals surface area contributed by atoms with Crippen LogP contribution >= 0.6 is 11.6 Å². The molecule has 1 aromatic carbocycles. The monoisotopic (exact) mass is 259 g/mol. The summed E-state index contributed by atoms with van der Waals surface area (Å²) in [4.78, 5) is 0. The Morgan fingerprint density at radius 2 is 2.00 bits per heavy atom. The SMILES string of the molecule is CCC(CC)(CO)CNc1c(F)cccc1Cl. The predicted octanol–water partition coefficient (Wildman–Crippen LogP) is 3.69. The van der Waals surface area contributed by atoms with Crippen molar-refractivity contribution in [2.45, 2.75) is 26.7 Å². The van der Waals surface area contributed by atoms with E-state index in [0.29, 0.717) is 17.3 Å². The number of anilines is 1. The zero-order valence-electron chi connectivity index (χ0n) is 10.3. The van der Waals surface area contributed by atoms with Gasteiger partial charge < -0.3 is 10.4 Å². The fraction of sp³-hybridized carbons (Fsp3) is 0.538. The van der Waals surface area contributed by atoms with E-state index in [2.05, 4.69) is 5.32 Å². The first-order chi connectivity index (χ1) is 8.08. The van der Waals surface area contributed by atoms with Crippen molar-refractivity contribution < 1.29 is 9.50 Å². The molecule has 0 saturated heterocycles. The zero-order valence-corrected chi connectivity index (χ0v) is 11.0. The van der Waals surface area contributed by atoms with Crippen LogP contribution in [0.2, 0.25) is 5.02 Å². The van der Waals surface area contributed by atoms with Gasteiger partial charge in [0.05, 0.1) is 17.3 Å². The van der Waals surface area contributed by atoms with Crippen molar-refractivity contribution in [2.75, 3.05) is 18.5 Å². The summed E-state index contributed by atoms with van der Waals surface area (Å²) in [5, 5.41) is 12.8. The largest absolute Gasteiger partial charge is 0.396 e. The molecule has 0 spiro atoms. The van der Waals surface area contributed by atoms with Gasteiger partial charge in [0.2, 0.25) is 0 Å². The van der Waals surface area contributed by atoms with Crippen LogP contribution < -0.4 is 5.32 Å². The fourth-order valence-corrected chi connectivity index (χ4v) is 1.95. The molecule has 0 atom stereocenters. The lowest BCUT2D eigenvalue weighted by atomic mass is 9.83. The van der Waals surface area contributed by atoms with Gasteiger partial charge in [-0.15, -0.1) is 0 Å². The van der Waals surface area contributed by atoms with E-state index < -0.39 is 0 Å². The predicted molar refractivity (Wildman–Crippen MR) is 70.0 cm³/mol. The summed E-state index contributed by atoms with van der Waals surface area (Å²) < 4.78 is 13.5. The summed E-state index contributed by atoms with van der Waals surface area (Å²) in [5.74, 6) is -0.364. The second kappa shape index (κ2) is 6.22. The van der Waals surface area contributed by atoms with Crippen molar-refractivity contribution in [3.05, 3.63) is 29.0 Å². The van der Waals surface area contributed by atoms with Gasteiger partial charge in [0.15, 0.2) is 0 Å². The molecule has 0 heterocycles. The number of halogens is 2. The Morgan fingerprint density at radius 3 is 2.47 bits per heavy atom. The van der Waals surface area contributed by atoms with Gasteiger partial charge in [-0.25, -0.2) is 4.39 Å². The van der Waals surface area contributed by atoms with Crippen molar-refractivity contribution in [2.24, 2.45) is 5.41 Å². The molecular weight excluding hydrogens is 241 g/mol. The summed E-state index contributed by atoms with van der Waals surface area (Å²) in [5.41, 5.74) is 0.0971. The summed E-state index contributed by atoms with van der Waals surface area (Å²) in [6.07, 6.45) is 1.66. The number of rotatable bonds is 6. The van der Waals surface area contributed by atoms with Gasteiger partial charge in [-0.1, -0.05) is 31.5 Å². The molecule has 0 bridgehead atoms. The Labute approximate surface area is 107 Å². The van der Waals surface area contributed by atoms with Crippen molar-refractivity contribution in [3.8, 4) is 0 Å². The molecule has 17 heavy (non-hydrogen) atoms. The fourth-order valence-electron chi connectivity index (χ4n) is 1.72. The van der Waals surface area contributed by atoms with Crippen LogP contribution in [0.4, 0.5) is 10.1 Å². The Bertz CT molecular complexity index is 338. The van der Waals surface area contributed by atoms with Gasteiger partial charge in [0.1, 0.15) is 5.82 Å². The maximum atomic E-state index is 13.5.